The highest BCUT2D eigenvalue weighted by atomic mass is 79.9. The molecule has 106 valence electrons. The number of hydrogen-bond donors (Lipinski definition) is 1. The highest BCUT2D eigenvalue weighted by Gasteiger charge is 2.25. The minimum absolute atomic E-state index is 0.267. The van der Waals surface area contributed by atoms with Crippen LogP contribution in [0.3, 0.4) is 0 Å². The zero-order valence-electron chi connectivity index (χ0n) is 11.4. The van der Waals surface area contributed by atoms with Crippen LogP contribution in [0.2, 0.25) is 0 Å². The number of benzene rings is 1. The summed E-state index contributed by atoms with van der Waals surface area (Å²) in [6.07, 6.45) is 0. The number of esters is 1. The van der Waals surface area contributed by atoms with Crippen LogP contribution in [0.15, 0.2) is 40.2 Å². The van der Waals surface area contributed by atoms with E-state index in [2.05, 4.69) is 21.2 Å². The summed E-state index contributed by atoms with van der Waals surface area (Å²) in [5.74, 6) is -0.267. The van der Waals surface area contributed by atoms with Gasteiger partial charge in [-0.3, -0.25) is 0 Å². The second-order valence-electron chi connectivity index (χ2n) is 4.33. The Balaban J connectivity index is 2.25. The van der Waals surface area contributed by atoms with Gasteiger partial charge in [-0.25, -0.2) is 4.79 Å². The zero-order valence-corrected chi connectivity index (χ0v) is 13.8. The molecule has 0 saturated carbocycles. The van der Waals surface area contributed by atoms with Crippen LogP contribution in [-0.2, 0) is 9.53 Å². The van der Waals surface area contributed by atoms with Gasteiger partial charge in [-0.05, 0) is 53.4 Å². The Labute approximate surface area is 131 Å². The van der Waals surface area contributed by atoms with Crippen molar-refractivity contribution in [2.45, 2.75) is 19.9 Å². The number of anilines is 1. The lowest BCUT2D eigenvalue weighted by molar-refractivity contribution is -0.144. The molecule has 2 rings (SSSR count). The fraction of sp³-hybridized carbons (Fsp3) is 0.267. The van der Waals surface area contributed by atoms with Crippen molar-refractivity contribution in [2.75, 3.05) is 11.9 Å². The third-order valence-corrected chi connectivity index (χ3v) is 4.73. The van der Waals surface area contributed by atoms with E-state index < -0.39 is 6.04 Å². The van der Waals surface area contributed by atoms with Crippen LogP contribution in [0.5, 0.6) is 0 Å². The van der Waals surface area contributed by atoms with Gasteiger partial charge in [0.1, 0.15) is 0 Å². The maximum atomic E-state index is 12.2. The Bertz CT molecular complexity index is 580. The molecule has 5 heteroatoms. The van der Waals surface area contributed by atoms with Gasteiger partial charge in [-0.15, -0.1) is 11.3 Å². The SMILES string of the molecule is CCOC(=O)C(Nc1ccc(C)cc1)c1sccc1Br. The van der Waals surface area contributed by atoms with Crippen molar-refractivity contribution in [1.29, 1.82) is 0 Å². The topological polar surface area (TPSA) is 38.3 Å². The summed E-state index contributed by atoms with van der Waals surface area (Å²) in [5, 5.41) is 5.19. The van der Waals surface area contributed by atoms with Crippen molar-refractivity contribution in [1.82, 2.24) is 0 Å². The van der Waals surface area contributed by atoms with Crippen LogP contribution in [0, 0.1) is 6.92 Å². The molecule has 1 aromatic carbocycles. The molecule has 1 heterocycles. The van der Waals surface area contributed by atoms with Crippen LogP contribution >= 0.6 is 27.3 Å². The standard InChI is InChI=1S/C15H16BrNO2S/c1-3-19-15(18)13(14-12(16)8-9-20-14)17-11-6-4-10(2)5-7-11/h4-9,13,17H,3H2,1-2H3. The Morgan fingerprint density at radius 3 is 2.60 bits per heavy atom. The second-order valence-corrected chi connectivity index (χ2v) is 6.13. The number of nitrogens with one attached hydrogen (secondary N) is 1. The zero-order chi connectivity index (χ0) is 14.5. The lowest BCUT2D eigenvalue weighted by Crippen LogP contribution is -2.22. The fourth-order valence-electron chi connectivity index (χ4n) is 1.78. The van der Waals surface area contributed by atoms with Crippen molar-refractivity contribution in [3.05, 3.63) is 50.6 Å². The summed E-state index contributed by atoms with van der Waals surface area (Å²) in [6, 6.07) is 9.38. The van der Waals surface area contributed by atoms with Crippen LogP contribution in [-0.4, -0.2) is 12.6 Å². The van der Waals surface area contributed by atoms with Gasteiger partial charge in [0.05, 0.1) is 11.5 Å². The molecule has 20 heavy (non-hydrogen) atoms. The molecule has 1 N–H and O–H groups in total. The largest absolute Gasteiger partial charge is 0.464 e. The van der Waals surface area contributed by atoms with Crippen molar-refractivity contribution >= 4 is 38.9 Å². The van der Waals surface area contributed by atoms with Crippen molar-refractivity contribution in [2.24, 2.45) is 0 Å². The number of rotatable bonds is 5. The lowest BCUT2D eigenvalue weighted by Gasteiger charge is -2.18. The monoisotopic (exact) mass is 353 g/mol. The average Bonchev–Trinajstić information content (AvgIpc) is 2.84. The van der Waals surface area contributed by atoms with Gasteiger partial charge in [-0.2, -0.15) is 0 Å². The minimum atomic E-state index is -0.493. The first kappa shape index (κ1) is 15.1. The first-order valence-corrected chi connectivity index (χ1v) is 8.01. The number of aryl methyl sites for hydroxylation is 1. The normalized spacial score (nSPS) is 11.9. The van der Waals surface area contributed by atoms with Crippen LogP contribution in [0.4, 0.5) is 5.69 Å². The van der Waals surface area contributed by atoms with Crippen molar-refractivity contribution in [3.63, 3.8) is 0 Å². The molecule has 3 nitrogen and oxygen atoms in total. The van der Waals surface area contributed by atoms with Crippen LogP contribution < -0.4 is 5.32 Å². The molecule has 0 fully saturated rings. The molecule has 0 aliphatic rings. The van der Waals surface area contributed by atoms with Crippen molar-refractivity contribution in [3.8, 4) is 0 Å². The highest BCUT2D eigenvalue weighted by molar-refractivity contribution is 9.10. The van der Waals surface area contributed by atoms with Gasteiger partial charge < -0.3 is 10.1 Å². The fourth-order valence-corrected chi connectivity index (χ4v) is 3.42. The number of carbonyl (C=O) groups is 1. The maximum absolute atomic E-state index is 12.2. The molecule has 1 aromatic heterocycles. The molecule has 0 radical (unpaired) electrons. The van der Waals surface area contributed by atoms with E-state index in [-0.39, 0.29) is 5.97 Å². The van der Waals surface area contributed by atoms with Crippen LogP contribution in [0.1, 0.15) is 23.4 Å². The molecule has 2 aromatic rings. The maximum Gasteiger partial charge on any atom is 0.334 e. The average molecular weight is 354 g/mol. The summed E-state index contributed by atoms with van der Waals surface area (Å²) in [5.41, 5.74) is 2.08. The molecule has 0 aliphatic heterocycles. The first-order chi connectivity index (χ1) is 9.61. The summed E-state index contributed by atoms with van der Waals surface area (Å²) in [6.45, 7) is 4.21. The van der Waals surface area contributed by atoms with E-state index in [4.69, 9.17) is 4.74 Å². The number of carbonyl (C=O) groups excluding carboxylic acids is 1. The Morgan fingerprint density at radius 1 is 1.35 bits per heavy atom. The summed E-state index contributed by atoms with van der Waals surface area (Å²) in [7, 11) is 0. The summed E-state index contributed by atoms with van der Waals surface area (Å²) >= 11 is 5.00. The van der Waals surface area contributed by atoms with E-state index in [1.54, 1.807) is 0 Å². The second kappa shape index (κ2) is 6.90. The molecular formula is C15H16BrNO2S. The summed E-state index contributed by atoms with van der Waals surface area (Å²) in [4.78, 5) is 13.1. The van der Waals surface area contributed by atoms with E-state index in [1.807, 2.05) is 49.6 Å². The molecule has 0 bridgehead atoms. The van der Waals surface area contributed by atoms with Gasteiger partial charge in [0.25, 0.3) is 0 Å². The lowest BCUT2D eigenvalue weighted by atomic mass is 10.2. The van der Waals surface area contributed by atoms with Crippen molar-refractivity contribution < 1.29 is 9.53 Å². The Morgan fingerprint density at radius 2 is 2.05 bits per heavy atom. The van der Waals surface area contributed by atoms with E-state index in [9.17, 15) is 4.79 Å². The molecular weight excluding hydrogens is 338 g/mol. The number of thiophene rings is 1. The Hall–Kier alpha value is -1.33. The van der Waals surface area contributed by atoms with Gasteiger partial charge in [0.2, 0.25) is 0 Å². The van der Waals surface area contributed by atoms with Gasteiger partial charge in [-0.1, -0.05) is 17.7 Å². The predicted molar refractivity (Wildman–Crippen MR) is 86.2 cm³/mol. The minimum Gasteiger partial charge on any atom is -0.464 e. The molecule has 0 amide bonds. The van der Waals surface area contributed by atoms with E-state index >= 15 is 0 Å². The third-order valence-electron chi connectivity index (χ3n) is 2.79. The van der Waals surface area contributed by atoms with E-state index in [0.29, 0.717) is 6.61 Å². The van der Waals surface area contributed by atoms with Gasteiger partial charge in [0, 0.05) is 10.2 Å². The van der Waals surface area contributed by atoms with E-state index in [0.717, 1.165) is 15.0 Å². The first-order valence-electron chi connectivity index (χ1n) is 6.34. The molecule has 1 atom stereocenters. The predicted octanol–water partition coefficient (Wildman–Crippen LogP) is 4.54. The quantitative estimate of drug-likeness (QED) is 0.802. The third kappa shape index (κ3) is 3.61. The van der Waals surface area contributed by atoms with Gasteiger partial charge >= 0.3 is 5.97 Å². The van der Waals surface area contributed by atoms with Gasteiger partial charge in [0.15, 0.2) is 6.04 Å². The molecule has 1 unspecified atom stereocenters. The molecule has 0 aliphatic carbocycles. The summed E-state index contributed by atoms with van der Waals surface area (Å²) < 4.78 is 6.08. The molecule has 0 spiro atoms. The number of ether oxygens (including phenoxy) is 1. The number of hydrogen-bond acceptors (Lipinski definition) is 4. The van der Waals surface area contributed by atoms with Crippen LogP contribution in [0.25, 0.3) is 0 Å². The smallest absolute Gasteiger partial charge is 0.334 e. The highest BCUT2D eigenvalue weighted by Crippen LogP contribution is 2.32. The number of halogens is 1. The Kier molecular flexibility index (Phi) is 5.20. The molecule has 0 saturated heterocycles. The van der Waals surface area contributed by atoms with E-state index in [1.165, 1.54) is 16.9 Å².